The quantitative estimate of drug-likeness (QED) is 0.598. The van der Waals surface area contributed by atoms with Gasteiger partial charge in [0, 0.05) is 37.7 Å². The molecule has 6 heteroatoms. The Morgan fingerprint density at radius 2 is 2.00 bits per heavy atom. The molecule has 1 unspecified atom stereocenters. The van der Waals surface area contributed by atoms with Crippen LogP contribution in [-0.2, 0) is 9.84 Å². The van der Waals surface area contributed by atoms with Crippen LogP contribution in [0.5, 0.6) is 0 Å². The molecule has 0 aromatic rings. The third kappa shape index (κ3) is 9.88. The van der Waals surface area contributed by atoms with Gasteiger partial charge in [0.2, 0.25) is 0 Å². The normalized spacial score (nSPS) is 14.2. The van der Waals surface area contributed by atoms with Crippen molar-refractivity contribution in [2.24, 2.45) is 0 Å². The number of nitrogens with zero attached hydrogens (tertiary/aromatic N) is 1. The number of nitrogens with one attached hydrogen (secondary N) is 1. The zero-order valence-electron chi connectivity index (χ0n) is 11.4. The van der Waals surface area contributed by atoms with Crippen molar-refractivity contribution in [1.29, 1.82) is 0 Å². The average Bonchev–Trinajstić information content (AvgIpc) is 2.23. The van der Waals surface area contributed by atoms with Crippen LogP contribution in [0.4, 0.5) is 0 Å². The summed E-state index contributed by atoms with van der Waals surface area (Å²) in [6.45, 7) is 4.56. The zero-order valence-corrected chi connectivity index (χ0v) is 13.0. The molecule has 0 bridgehead atoms. The first-order chi connectivity index (χ1) is 7.90. The lowest BCUT2D eigenvalue weighted by atomic mass is 10.2. The van der Waals surface area contributed by atoms with Crippen molar-refractivity contribution in [3.63, 3.8) is 0 Å². The highest BCUT2D eigenvalue weighted by Crippen LogP contribution is 2.07. The van der Waals surface area contributed by atoms with E-state index in [-0.39, 0.29) is 5.75 Å². The van der Waals surface area contributed by atoms with E-state index in [2.05, 4.69) is 30.4 Å². The number of likely N-dealkylation sites (N-methyl/N-ethyl adjacent to an activating group) is 1. The third-order valence-corrected chi connectivity index (χ3v) is 4.41. The molecule has 1 atom stereocenters. The fourth-order valence-corrected chi connectivity index (χ4v) is 2.96. The Kier molecular flexibility index (Phi) is 9.31. The topological polar surface area (TPSA) is 49.4 Å². The van der Waals surface area contributed by atoms with E-state index in [1.165, 1.54) is 6.26 Å². The highest BCUT2D eigenvalue weighted by atomic mass is 32.2. The minimum atomic E-state index is -2.83. The molecule has 17 heavy (non-hydrogen) atoms. The molecule has 0 aromatic carbocycles. The number of thioether (sulfide) groups is 1. The second-order valence-corrected chi connectivity index (χ2v) is 7.55. The Balaban J connectivity index is 3.66. The van der Waals surface area contributed by atoms with Crippen molar-refractivity contribution >= 4 is 21.6 Å². The standard InChI is InChI=1S/C11H26N2O2S2/c1-5-11(10-16-3)13(2)8-6-12-7-9-17(4,14)15/h11-12H,5-10H2,1-4H3. The minimum Gasteiger partial charge on any atom is -0.314 e. The van der Waals surface area contributed by atoms with Crippen LogP contribution in [0, 0.1) is 0 Å². The Bertz CT molecular complexity index is 281. The fourth-order valence-electron chi connectivity index (χ4n) is 1.57. The number of hydrogen-bond acceptors (Lipinski definition) is 5. The summed E-state index contributed by atoms with van der Waals surface area (Å²) in [6.07, 6.45) is 4.55. The van der Waals surface area contributed by atoms with E-state index in [9.17, 15) is 8.42 Å². The molecule has 0 radical (unpaired) electrons. The molecule has 0 amide bonds. The molecule has 0 aliphatic rings. The van der Waals surface area contributed by atoms with Gasteiger partial charge in [-0.05, 0) is 19.7 Å². The maximum atomic E-state index is 10.9. The second kappa shape index (κ2) is 9.19. The molecule has 4 nitrogen and oxygen atoms in total. The smallest absolute Gasteiger partial charge is 0.148 e. The Labute approximate surface area is 110 Å². The van der Waals surface area contributed by atoms with E-state index >= 15 is 0 Å². The fraction of sp³-hybridized carbons (Fsp3) is 1.00. The Hall–Kier alpha value is 0.220. The third-order valence-electron chi connectivity index (χ3n) is 2.74. The summed E-state index contributed by atoms with van der Waals surface area (Å²) in [4.78, 5) is 2.34. The highest BCUT2D eigenvalue weighted by molar-refractivity contribution is 7.98. The summed E-state index contributed by atoms with van der Waals surface area (Å²) in [5.41, 5.74) is 0. The summed E-state index contributed by atoms with van der Waals surface area (Å²) < 4.78 is 21.8. The number of rotatable bonds is 10. The lowest BCUT2D eigenvalue weighted by molar-refractivity contribution is 0.256. The van der Waals surface area contributed by atoms with Gasteiger partial charge in [0.15, 0.2) is 0 Å². The summed E-state index contributed by atoms with van der Waals surface area (Å²) in [7, 11) is -0.706. The van der Waals surface area contributed by atoms with Crippen LogP contribution in [0.1, 0.15) is 13.3 Å². The van der Waals surface area contributed by atoms with Crippen LogP contribution in [0.25, 0.3) is 0 Å². The van der Waals surface area contributed by atoms with Crippen molar-refractivity contribution in [2.45, 2.75) is 19.4 Å². The van der Waals surface area contributed by atoms with E-state index < -0.39 is 9.84 Å². The van der Waals surface area contributed by atoms with Crippen LogP contribution < -0.4 is 5.32 Å². The van der Waals surface area contributed by atoms with Gasteiger partial charge in [-0.25, -0.2) is 8.42 Å². The van der Waals surface area contributed by atoms with Gasteiger partial charge in [-0.1, -0.05) is 6.92 Å². The van der Waals surface area contributed by atoms with E-state index in [0.29, 0.717) is 12.6 Å². The van der Waals surface area contributed by atoms with Gasteiger partial charge < -0.3 is 10.2 Å². The van der Waals surface area contributed by atoms with Gasteiger partial charge in [-0.3, -0.25) is 0 Å². The van der Waals surface area contributed by atoms with Crippen molar-refractivity contribution in [3.05, 3.63) is 0 Å². The number of sulfone groups is 1. The van der Waals surface area contributed by atoms with Gasteiger partial charge in [0.1, 0.15) is 9.84 Å². The molecule has 0 fully saturated rings. The molecule has 0 rings (SSSR count). The minimum absolute atomic E-state index is 0.221. The molecule has 0 saturated heterocycles. The van der Waals surface area contributed by atoms with Gasteiger partial charge >= 0.3 is 0 Å². The average molecular weight is 282 g/mol. The first-order valence-corrected chi connectivity index (χ1v) is 9.43. The van der Waals surface area contributed by atoms with Gasteiger partial charge in [-0.15, -0.1) is 0 Å². The molecule has 0 aromatic heterocycles. The van der Waals surface area contributed by atoms with Crippen LogP contribution >= 0.6 is 11.8 Å². The monoisotopic (exact) mass is 282 g/mol. The maximum Gasteiger partial charge on any atom is 0.148 e. The lowest BCUT2D eigenvalue weighted by Gasteiger charge is -2.26. The maximum absolute atomic E-state index is 10.9. The van der Waals surface area contributed by atoms with E-state index in [1.807, 2.05) is 11.8 Å². The van der Waals surface area contributed by atoms with Gasteiger partial charge in [0.25, 0.3) is 0 Å². The van der Waals surface area contributed by atoms with Gasteiger partial charge in [0.05, 0.1) is 5.75 Å². The van der Waals surface area contributed by atoms with Crippen LogP contribution in [-0.4, -0.2) is 70.1 Å². The molecule has 0 heterocycles. The van der Waals surface area contributed by atoms with Crippen molar-refractivity contribution in [2.75, 3.05) is 50.7 Å². The summed E-state index contributed by atoms with van der Waals surface area (Å²) in [5.74, 6) is 1.37. The predicted octanol–water partition coefficient (Wildman–Crippen LogP) is 0.694. The summed E-state index contributed by atoms with van der Waals surface area (Å²) >= 11 is 1.87. The van der Waals surface area contributed by atoms with Crippen molar-refractivity contribution in [3.8, 4) is 0 Å². The molecule has 0 spiro atoms. The van der Waals surface area contributed by atoms with E-state index in [4.69, 9.17) is 0 Å². The first kappa shape index (κ1) is 17.2. The first-order valence-electron chi connectivity index (χ1n) is 5.98. The lowest BCUT2D eigenvalue weighted by Crippen LogP contribution is -2.38. The van der Waals surface area contributed by atoms with Crippen molar-refractivity contribution < 1.29 is 8.42 Å². The van der Waals surface area contributed by atoms with E-state index in [1.54, 1.807) is 0 Å². The van der Waals surface area contributed by atoms with Crippen LogP contribution in [0.3, 0.4) is 0 Å². The number of hydrogen-bond donors (Lipinski definition) is 1. The predicted molar refractivity (Wildman–Crippen MR) is 77.7 cm³/mol. The molecule has 0 aliphatic heterocycles. The molecular weight excluding hydrogens is 256 g/mol. The molecule has 0 aliphatic carbocycles. The Morgan fingerprint density at radius 1 is 1.35 bits per heavy atom. The van der Waals surface area contributed by atoms with E-state index in [0.717, 1.165) is 25.3 Å². The van der Waals surface area contributed by atoms with Crippen molar-refractivity contribution in [1.82, 2.24) is 10.2 Å². The zero-order chi connectivity index (χ0) is 13.3. The van der Waals surface area contributed by atoms with Crippen LogP contribution in [0.15, 0.2) is 0 Å². The SMILES string of the molecule is CCC(CSC)N(C)CCNCCS(C)(=O)=O. The van der Waals surface area contributed by atoms with Crippen LogP contribution in [0.2, 0.25) is 0 Å². The molecular formula is C11H26N2O2S2. The highest BCUT2D eigenvalue weighted by Gasteiger charge is 2.11. The van der Waals surface area contributed by atoms with Gasteiger partial charge in [-0.2, -0.15) is 11.8 Å². The molecule has 0 saturated carbocycles. The molecule has 104 valence electrons. The second-order valence-electron chi connectivity index (χ2n) is 4.38. The largest absolute Gasteiger partial charge is 0.314 e. The Morgan fingerprint density at radius 3 is 2.47 bits per heavy atom. The summed E-state index contributed by atoms with van der Waals surface area (Å²) in [6, 6.07) is 0.613. The molecule has 1 N–H and O–H groups in total. The summed E-state index contributed by atoms with van der Waals surface area (Å²) in [5, 5.41) is 3.17.